The minimum Gasteiger partial charge on any atom is -0.390 e. The van der Waals surface area contributed by atoms with E-state index in [4.69, 9.17) is 4.74 Å². The molecule has 1 aliphatic heterocycles. The molecule has 0 bridgehead atoms. The number of aliphatic hydroxyl groups is 2. The summed E-state index contributed by atoms with van der Waals surface area (Å²) >= 11 is 0. The van der Waals surface area contributed by atoms with E-state index >= 15 is 0 Å². The van der Waals surface area contributed by atoms with Gasteiger partial charge in [-0.2, -0.15) is 0 Å². The van der Waals surface area contributed by atoms with Gasteiger partial charge in [0.2, 0.25) is 0 Å². The highest BCUT2D eigenvalue weighted by molar-refractivity contribution is 5.27. The molecule has 5 aliphatic rings. The fourth-order valence-electron chi connectivity index (χ4n) is 9.78. The van der Waals surface area contributed by atoms with E-state index in [0.29, 0.717) is 17.3 Å². The van der Waals surface area contributed by atoms with Crippen molar-refractivity contribution in [3.63, 3.8) is 0 Å². The Hall–Kier alpha value is -0.120. The molecule has 0 aromatic carbocycles. The van der Waals surface area contributed by atoms with Crippen LogP contribution in [0.2, 0.25) is 0 Å². The van der Waals surface area contributed by atoms with Crippen molar-refractivity contribution < 1.29 is 14.9 Å². The second-order valence-corrected chi connectivity index (χ2v) is 13.0. The number of hydrogen-bond donors (Lipinski definition) is 2. The van der Waals surface area contributed by atoms with Crippen LogP contribution in [0.25, 0.3) is 0 Å². The molecule has 0 aromatic heterocycles. The smallest absolute Gasteiger partial charge is 0.129 e. The minimum atomic E-state index is -0.443. The van der Waals surface area contributed by atoms with Crippen LogP contribution in [0.4, 0.5) is 0 Å². The van der Waals surface area contributed by atoms with Gasteiger partial charge in [-0.15, -0.1) is 0 Å². The summed E-state index contributed by atoms with van der Waals surface area (Å²) in [5, 5.41) is 21.8. The molecule has 5 rings (SSSR count). The Morgan fingerprint density at radius 2 is 1.70 bits per heavy atom. The van der Waals surface area contributed by atoms with Gasteiger partial charge in [0.1, 0.15) is 11.7 Å². The van der Waals surface area contributed by atoms with Gasteiger partial charge in [0.25, 0.3) is 0 Å². The van der Waals surface area contributed by atoms with E-state index in [0.717, 1.165) is 42.9 Å². The van der Waals surface area contributed by atoms with Crippen molar-refractivity contribution in [2.45, 2.75) is 123 Å². The van der Waals surface area contributed by atoms with Crippen molar-refractivity contribution in [1.29, 1.82) is 0 Å². The number of fused-ring (bicyclic) bond motifs is 4. The Morgan fingerprint density at radius 1 is 0.933 bits per heavy atom. The summed E-state index contributed by atoms with van der Waals surface area (Å²) in [6.07, 6.45) is 11.4. The molecule has 3 nitrogen and oxygen atoms in total. The number of hydrogen-bond acceptors (Lipinski definition) is 3. The normalized spacial score (nSPS) is 55.4. The third-order valence-electron chi connectivity index (χ3n) is 11.3. The van der Waals surface area contributed by atoms with Crippen LogP contribution >= 0.6 is 0 Å². The summed E-state index contributed by atoms with van der Waals surface area (Å²) in [6, 6.07) is 0. The van der Waals surface area contributed by atoms with Crippen molar-refractivity contribution in [2.24, 2.45) is 46.3 Å². The summed E-state index contributed by atoms with van der Waals surface area (Å²) in [5.41, 5.74) is 0.0558. The zero-order valence-corrected chi connectivity index (χ0v) is 20.1. The summed E-state index contributed by atoms with van der Waals surface area (Å²) in [6.45, 7) is 12.2. The van der Waals surface area contributed by atoms with Crippen LogP contribution in [0.1, 0.15) is 98.8 Å². The van der Waals surface area contributed by atoms with Crippen LogP contribution in [-0.4, -0.2) is 34.1 Å². The van der Waals surface area contributed by atoms with Crippen LogP contribution in [0, 0.1) is 46.3 Å². The zero-order chi connectivity index (χ0) is 21.5. The van der Waals surface area contributed by atoms with E-state index in [1.165, 1.54) is 44.9 Å². The van der Waals surface area contributed by atoms with Crippen LogP contribution in [0.15, 0.2) is 0 Å². The van der Waals surface area contributed by atoms with Crippen molar-refractivity contribution in [3.05, 3.63) is 0 Å². The van der Waals surface area contributed by atoms with Crippen LogP contribution < -0.4 is 0 Å². The molecule has 0 unspecified atom stereocenters. The fraction of sp³-hybridized carbons (Fsp3) is 1.00. The highest BCUT2D eigenvalue weighted by Crippen LogP contribution is 2.73. The first-order valence-corrected chi connectivity index (χ1v) is 13.2. The zero-order valence-electron chi connectivity index (χ0n) is 20.1. The second kappa shape index (κ2) is 7.19. The molecule has 4 aliphatic carbocycles. The molecule has 1 heterocycles. The van der Waals surface area contributed by atoms with Crippen LogP contribution in [0.5, 0.6) is 0 Å². The first-order valence-electron chi connectivity index (χ1n) is 13.2. The number of ether oxygens (including phenoxy) is 1. The average molecular weight is 419 g/mol. The van der Waals surface area contributed by atoms with Gasteiger partial charge < -0.3 is 14.9 Å². The Morgan fingerprint density at radius 3 is 2.43 bits per heavy atom. The van der Waals surface area contributed by atoms with E-state index < -0.39 is 11.7 Å². The molecule has 0 aromatic rings. The lowest BCUT2D eigenvalue weighted by atomic mass is 9.43. The predicted octanol–water partition coefficient (Wildman–Crippen LogP) is 5.57. The third kappa shape index (κ3) is 2.80. The van der Waals surface area contributed by atoms with Gasteiger partial charge in [-0.25, -0.2) is 0 Å². The van der Waals surface area contributed by atoms with Gasteiger partial charge in [0, 0.05) is 5.41 Å². The van der Waals surface area contributed by atoms with E-state index in [1.54, 1.807) is 0 Å². The lowest BCUT2D eigenvalue weighted by Crippen LogP contribution is -2.63. The quantitative estimate of drug-likeness (QED) is 0.574. The maximum Gasteiger partial charge on any atom is 0.129 e. The van der Waals surface area contributed by atoms with Crippen LogP contribution in [-0.2, 0) is 4.74 Å². The summed E-state index contributed by atoms with van der Waals surface area (Å²) in [4.78, 5) is 0. The van der Waals surface area contributed by atoms with E-state index in [9.17, 15) is 10.2 Å². The fourth-order valence-corrected chi connectivity index (χ4v) is 9.78. The Labute approximate surface area is 184 Å². The lowest BCUT2D eigenvalue weighted by Gasteiger charge is -2.61. The van der Waals surface area contributed by atoms with Gasteiger partial charge >= 0.3 is 0 Å². The van der Waals surface area contributed by atoms with Crippen LogP contribution in [0.3, 0.4) is 0 Å². The molecule has 3 heteroatoms. The first-order chi connectivity index (χ1) is 14.1. The average Bonchev–Trinajstić information content (AvgIpc) is 3.36. The number of rotatable bonds is 5. The SMILES string of the molecule is CC(C)CCC[C@@H](C)[C@H]1CC[C@H]2[C@@H]3C[C@H](O)[C@]45O[C@H]4[C@H](O)CC[C@]5(C)[C@H]3CC[C@]12C. The third-order valence-corrected chi connectivity index (χ3v) is 11.3. The molecule has 1 spiro atoms. The van der Waals surface area contributed by atoms with Crippen molar-refractivity contribution >= 4 is 0 Å². The summed E-state index contributed by atoms with van der Waals surface area (Å²) in [7, 11) is 0. The van der Waals surface area contributed by atoms with Gasteiger partial charge in [-0.05, 0) is 85.9 Å². The Bertz CT molecular complexity index is 662. The van der Waals surface area contributed by atoms with Crippen molar-refractivity contribution in [1.82, 2.24) is 0 Å². The second-order valence-electron chi connectivity index (χ2n) is 13.0. The lowest BCUT2D eigenvalue weighted by molar-refractivity contribution is -0.165. The largest absolute Gasteiger partial charge is 0.390 e. The Kier molecular flexibility index (Phi) is 5.20. The number of aliphatic hydroxyl groups excluding tert-OH is 2. The molecule has 0 radical (unpaired) electrons. The number of epoxide rings is 1. The summed E-state index contributed by atoms with van der Waals surface area (Å²) in [5.74, 6) is 4.57. The maximum atomic E-state index is 11.3. The Balaban J connectivity index is 1.35. The molecular formula is C27H46O3. The molecule has 2 N–H and O–H groups in total. The maximum absolute atomic E-state index is 11.3. The van der Waals surface area contributed by atoms with Crippen molar-refractivity contribution in [3.8, 4) is 0 Å². The van der Waals surface area contributed by atoms with E-state index in [-0.39, 0.29) is 17.6 Å². The topological polar surface area (TPSA) is 53.0 Å². The van der Waals surface area contributed by atoms with Crippen molar-refractivity contribution in [2.75, 3.05) is 0 Å². The van der Waals surface area contributed by atoms with E-state index in [2.05, 4.69) is 34.6 Å². The molecule has 30 heavy (non-hydrogen) atoms. The summed E-state index contributed by atoms with van der Waals surface area (Å²) < 4.78 is 6.21. The van der Waals surface area contributed by atoms with Gasteiger partial charge in [0.15, 0.2) is 0 Å². The molecule has 0 amide bonds. The highest BCUT2D eigenvalue weighted by Gasteiger charge is 2.79. The molecular weight excluding hydrogens is 372 g/mol. The van der Waals surface area contributed by atoms with Gasteiger partial charge in [-0.3, -0.25) is 0 Å². The van der Waals surface area contributed by atoms with Gasteiger partial charge in [-0.1, -0.05) is 53.9 Å². The highest BCUT2D eigenvalue weighted by atomic mass is 16.6. The molecule has 11 atom stereocenters. The van der Waals surface area contributed by atoms with Gasteiger partial charge in [0.05, 0.1) is 12.2 Å². The minimum absolute atomic E-state index is 0.0432. The van der Waals surface area contributed by atoms with E-state index in [1.807, 2.05) is 0 Å². The predicted molar refractivity (Wildman–Crippen MR) is 120 cm³/mol. The molecule has 172 valence electrons. The molecule has 4 saturated carbocycles. The first kappa shape index (κ1) is 21.7. The molecule has 1 saturated heterocycles. The monoisotopic (exact) mass is 418 g/mol. The molecule has 5 fully saturated rings. The standard InChI is InChI=1S/C27H46O3/c1-16(2)7-6-8-17(3)19-9-10-20-18-15-23(29)27-24(30-27)22(28)12-14-26(27,5)21(18)11-13-25(19,20)4/h16-24,28-29H,6-15H2,1-5H3/t17-,18+,19-,20+,21+,22-,23+,24+,25-,26-,27+/m1/s1.